The molecule has 1 aromatic carbocycles. The molecule has 0 saturated heterocycles. The third-order valence-electron chi connectivity index (χ3n) is 2.58. The number of benzene rings is 1. The van der Waals surface area contributed by atoms with Gasteiger partial charge in [-0.15, -0.1) is 0 Å². The third-order valence-corrected chi connectivity index (χ3v) is 2.58. The molecule has 3 nitrogen and oxygen atoms in total. The third kappa shape index (κ3) is 2.50. The highest BCUT2D eigenvalue weighted by atomic mass is 16.1. The number of nitrogens with one attached hydrogen (secondary N) is 1. The van der Waals surface area contributed by atoms with Crippen molar-refractivity contribution in [1.29, 1.82) is 0 Å². The summed E-state index contributed by atoms with van der Waals surface area (Å²) in [5.41, 5.74) is 3.72. The zero-order valence-electron chi connectivity index (χ0n) is 9.90. The van der Waals surface area contributed by atoms with Gasteiger partial charge < -0.3 is 5.32 Å². The molecule has 0 aliphatic rings. The van der Waals surface area contributed by atoms with Gasteiger partial charge in [-0.1, -0.05) is 18.2 Å². The number of hydrogen-bond acceptors (Lipinski definition) is 2. The minimum Gasteiger partial charge on any atom is -0.355 e. The number of hydrogen-bond donors (Lipinski definition) is 1. The van der Waals surface area contributed by atoms with E-state index in [1.165, 1.54) is 0 Å². The lowest BCUT2D eigenvalue weighted by Gasteiger charge is -2.03. The van der Waals surface area contributed by atoms with Gasteiger partial charge in [0.05, 0.1) is 5.69 Å². The number of rotatable bonds is 2. The highest BCUT2D eigenvalue weighted by Gasteiger charge is 2.03. The first-order valence-electron chi connectivity index (χ1n) is 5.46. The highest BCUT2D eigenvalue weighted by Crippen LogP contribution is 2.17. The van der Waals surface area contributed by atoms with Crippen molar-refractivity contribution in [2.75, 3.05) is 7.05 Å². The van der Waals surface area contributed by atoms with Gasteiger partial charge in [-0.2, -0.15) is 0 Å². The van der Waals surface area contributed by atoms with E-state index in [0.717, 1.165) is 16.8 Å². The number of pyridine rings is 1. The zero-order valence-corrected chi connectivity index (χ0v) is 9.90. The Morgan fingerprint density at radius 2 is 1.82 bits per heavy atom. The molecule has 17 heavy (non-hydrogen) atoms. The number of aryl methyl sites for hydroxylation is 1. The van der Waals surface area contributed by atoms with Gasteiger partial charge in [-0.05, 0) is 30.7 Å². The van der Waals surface area contributed by atoms with Crippen molar-refractivity contribution in [1.82, 2.24) is 10.3 Å². The summed E-state index contributed by atoms with van der Waals surface area (Å²) in [6.07, 6.45) is 1.84. The minimum atomic E-state index is -0.0755. The monoisotopic (exact) mass is 226 g/mol. The maximum absolute atomic E-state index is 11.4. The molecule has 1 heterocycles. The summed E-state index contributed by atoms with van der Waals surface area (Å²) in [6.45, 7) is 2.01. The van der Waals surface area contributed by atoms with Crippen molar-refractivity contribution in [2.45, 2.75) is 6.92 Å². The second kappa shape index (κ2) is 4.78. The van der Waals surface area contributed by atoms with Crippen LogP contribution in [-0.4, -0.2) is 17.9 Å². The lowest BCUT2D eigenvalue weighted by atomic mass is 10.1. The summed E-state index contributed by atoms with van der Waals surface area (Å²) in [7, 11) is 1.62. The van der Waals surface area contributed by atoms with Crippen molar-refractivity contribution in [3.63, 3.8) is 0 Å². The molecular weight excluding hydrogens is 212 g/mol. The van der Waals surface area contributed by atoms with Gasteiger partial charge >= 0.3 is 0 Å². The maximum Gasteiger partial charge on any atom is 0.251 e. The number of aromatic nitrogens is 1. The number of amides is 1. The standard InChI is InChI=1S/C14H14N2O/c1-10-3-8-13(16-9-10)11-4-6-12(7-5-11)14(17)15-2/h3-9H,1-2H3,(H,15,17). The van der Waals surface area contributed by atoms with Gasteiger partial charge in [0.2, 0.25) is 0 Å². The second-order valence-corrected chi connectivity index (χ2v) is 3.88. The van der Waals surface area contributed by atoms with Gasteiger partial charge in [0, 0.05) is 24.4 Å². The van der Waals surface area contributed by atoms with Crippen molar-refractivity contribution < 1.29 is 4.79 Å². The van der Waals surface area contributed by atoms with Gasteiger partial charge in [-0.25, -0.2) is 0 Å². The molecule has 0 aliphatic carbocycles. The summed E-state index contributed by atoms with van der Waals surface area (Å²) < 4.78 is 0. The van der Waals surface area contributed by atoms with E-state index < -0.39 is 0 Å². The van der Waals surface area contributed by atoms with E-state index in [0.29, 0.717) is 5.56 Å². The van der Waals surface area contributed by atoms with Crippen molar-refractivity contribution in [3.8, 4) is 11.3 Å². The normalized spacial score (nSPS) is 10.0. The summed E-state index contributed by atoms with van der Waals surface area (Å²) in [6, 6.07) is 11.4. The van der Waals surface area contributed by atoms with Crippen LogP contribution in [0.2, 0.25) is 0 Å². The Kier molecular flexibility index (Phi) is 3.19. The molecule has 0 fully saturated rings. The van der Waals surface area contributed by atoms with Crippen LogP contribution >= 0.6 is 0 Å². The molecule has 0 atom stereocenters. The van der Waals surface area contributed by atoms with Gasteiger partial charge in [0.15, 0.2) is 0 Å². The van der Waals surface area contributed by atoms with Crippen LogP contribution in [0.5, 0.6) is 0 Å². The van der Waals surface area contributed by atoms with E-state index in [4.69, 9.17) is 0 Å². The first kappa shape index (κ1) is 11.3. The Labute approximate surface area is 101 Å². The lowest BCUT2D eigenvalue weighted by Crippen LogP contribution is -2.17. The summed E-state index contributed by atoms with van der Waals surface area (Å²) in [4.78, 5) is 15.7. The Morgan fingerprint density at radius 3 is 2.35 bits per heavy atom. The molecule has 0 unspecified atom stereocenters. The molecule has 2 rings (SSSR count). The molecule has 0 aliphatic heterocycles. The topological polar surface area (TPSA) is 42.0 Å². The van der Waals surface area contributed by atoms with Crippen LogP contribution in [0.15, 0.2) is 42.6 Å². The maximum atomic E-state index is 11.4. The first-order valence-corrected chi connectivity index (χ1v) is 5.46. The van der Waals surface area contributed by atoms with Crippen molar-refractivity contribution >= 4 is 5.91 Å². The predicted molar refractivity (Wildman–Crippen MR) is 67.8 cm³/mol. The molecule has 2 aromatic rings. The average molecular weight is 226 g/mol. The smallest absolute Gasteiger partial charge is 0.251 e. The van der Waals surface area contributed by atoms with E-state index in [2.05, 4.69) is 10.3 Å². The molecule has 0 spiro atoms. The summed E-state index contributed by atoms with van der Waals surface area (Å²) >= 11 is 0. The second-order valence-electron chi connectivity index (χ2n) is 3.88. The number of carbonyl (C=O) groups excluding carboxylic acids is 1. The largest absolute Gasteiger partial charge is 0.355 e. The van der Waals surface area contributed by atoms with E-state index >= 15 is 0 Å². The van der Waals surface area contributed by atoms with Gasteiger partial charge in [0.1, 0.15) is 0 Å². The van der Waals surface area contributed by atoms with Gasteiger partial charge in [-0.3, -0.25) is 9.78 Å². The number of nitrogens with zero attached hydrogens (tertiary/aromatic N) is 1. The van der Waals surface area contributed by atoms with Crippen LogP contribution in [0.1, 0.15) is 15.9 Å². The van der Waals surface area contributed by atoms with Crippen molar-refractivity contribution in [2.24, 2.45) is 0 Å². The Balaban J connectivity index is 2.29. The molecule has 1 aromatic heterocycles. The highest BCUT2D eigenvalue weighted by molar-refractivity contribution is 5.94. The van der Waals surface area contributed by atoms with Crippen LogP contribution < -0.4 is 5.32 Å². The zero-order chi connectivity index (χ0) is 12.3. The van der Waals surface area contributed by atoms with E-state index in [1.807, 2.05) is 37.4 Å². The number of carbonyl (C=O) groups is 1. The van der Waals surface area contributed by atoms with Crippen molar-refractivity contribution in [3.05, 3.63) is 53.7 Å². The molecule has 3 heteroatoms. The van der Waals surface area contributed by atoms with Crippen LogP contribution in [0.4, 0.5) is 0 Å². The first-order chi connectivity index (χ1) is 8.20. The molecule has 0 radical (unpaired) electrons. The predicted octanol–water partition coefficient (Wildman–Crippen LogP) is 2.42. The Morgan fingerprint density at radius 1 is 1.12 bits per heavy atom. The average Bonchev–Trinajstić information content (AvgIpc) is 2.39. The molecule has 1 N–H and O–H groups in total. The lowest BCUT2D eigenvalue weighted by molar-refractivity contribution is 0.0963. The van der Waals surface area contributed by atoms with E-state index in [1.54, 1.807) is 19.2 Å². The Bertz CT molecular complexity index is 515. The molecular formula is C14H14N2O. The molecule has 0 saturated carbocycles. The van der Waals surface area contributed by atoms with Gasteiger partial charge in [0.25, 0.3) is 5.91 Å². The fourth-order valence-corrected chi connectivity index (χ4v) is 1.58. The quantitative estimate of drug-likeness (QED) is 0.854. The fourth-order valence-electron chi connectivity index (χ4n) is 1.58. The molecule has 86 valence electrons. The minimum absolute atomic E-state index is 0.0755. The SMILES string of the molecule is CNC(=O)c1ccc(-c2ccc(C)cn2)cc1. The van der Waals surface area contributed by atoms with Crippen LogP contribution in [-0.2, 0) is 0 Å². The molecule has 0 bridgehead atoms. The summed E-state index contributed by atoms with van der Waals surface area (Å²) in [5, 5.41) is 2.59. The van der Waals surface area contributed by atoms with Crippen LogP contribution in [0.3, 0.4) is 0 Å². The summed E-state index contributed by atoms with van der Waals surface area (Å²) in [5.74, 6) is -0.0755. The Hall–Kier alpha value is -2.16. The fraction of sp³-hybridized carbons (Fsp3) is 0.143. The van der Waals surface area contributed by atoms with E-state index in [9.17, 15) is 4.79 Å². The van der Waals surface area contributed by atoms with E-state index in [-0.39, 0.29) is 5.91 Å². The van der Waals surface area contributed by atoms with Crippen LogP contribution in [0, 0.1) is 6.92 Å². The molecule has 1 amide bonds. The van der Waals surface area contributed by atoms with Crippen LogP contribution in [0.25, 0.3) is 11.3 Å².